The van der Waals surface area contributed by atoms with Gasteiger partial charge in [0.25, 0.3) is 0 Å². The van der Waals surface area contributed by atoms with Crippen LogP contribution in [0.3, 0.4) is 0 Å². The molecule has 0 N–H and O–H groups in total. The first-order valence-corrected chi connectivity index (χ1v) is 5.25. The van der Waals surface area contributed by atoms with Crippen molar-refractivity contribution in [1.82, 2.24) is 0 Å². The van der Waals surface area contributed by atoms with E-state index in [-0.39, 0.29) is 11.2 Å². The van der Waals surface area contributed by atoms with Crippen LogP contribution in [-0.4, -0.2) is 11.6 Å². The summed E-state index contributed by atoms with van der Waals surface area (Å²) in [6.45, 7) is 3.54. The molecule has 1 unspecified atom stereocenters. The SMILES string of the molecule is CC(=O)/C=C/CC1(C)CCCCC1=O. The Hall–Kier alpha value is -0.920. The smallest absolute Gasteiger partial charge is 0.152 e. The second kappa shape index (κ2) is 4.54. The van der Waals surface area contributed by atoms with Crippen molar-refractivity contribution in [2.75, 3.05) is 0 Å². The number of hydrogen-bond donors (Lipinski definition) is 0. The molecule has 1 aliphatic carbocycles. The van der Waals surface area contributed by atoms with Gasteiger partial charge >= 0.3 is 0 Å². The molecular weight excluding hydrogens is 176 g/mol. The Morgan fingerprint density at radius 3 is 2.79 bits per heavy atom. The minimum Gasteiger partial charge on any atom is -0.299 e. The molecule has 0 saturated heterocycles. The van der Waals surface area contributed by atoms with Crippen molar-refractivity contribution in [3.05, 3.63) is 12.2 Å². The van der Waals surface area contributed by atoms with Crippen molar-refractivity contribution < 1.29 is 9.59 Å². The van der Waals surface area contributed by atoms with E-state index in [1.54, 1.807) is 6.08 Å². The molecule has 1 atom stereocenters. The molecule has 2 heteroatoms. The molecule has 78 valence electrons. The number of Topliss-reactive ketones (excluding diaryl/α,β-unsaturated/α-hetero) is 1. The van der Waals surface area contributed by atoms with Crippen LogP contribution in [0.4, 0.5) is 0 Å². The minimum atomic E-state index is -0.204. The monoisotopic (exact) mass is 194 g/mol. The predicted octanol–water partition coefficient (Wildman–Crippen LogP) is 2.67. The van der Waals surface area contributed by atoms with E-state index in [0.29, 0.717) is 18.6 Å². The number of hydrogen-bond acceptors (Lipinski definition) is 2. The fourth-order valence-corrected chi connectivity index (χ4v) is 1.94. The van der Waals surface area contributed by atoms with Crippen molar-refractivity contribution in [3.8, 4) is 0 Å². The van der Waals surface area contributed by atoms with Crippen LogP contribution in [0.1, 0.15) is 46.0 Å². The summed E-state index contributed by atoms with van der Waals surface area (Å²) in [6, 6.07) is 0. The third kappa shape index (κ3) is 2.79. The maximum absolute atomic E-state index is 11.7. The first-order chi connectivity index (χ1) is 6.54. The Balaban J connectivity index is 2.55. The lowest BCUT2D eigenvalue weighted by atomic mass is 9.72. The number of allylic oxidation sites excluding steroid dienone is 2. The zero-order valence-electron chi connectivity index (χ0n) is 9.01. The van der Waals surface area contributed by atoms with Crippen LogP contribution in [0.25, 0.3) is 0 Å². The summed E-state index contributed by atoms with van der Waals surface area (Å²) in [4.78, 5) is 22.4. The fourth-order valence-electron chi connectivity index (χ4n) is 1.94. The quantitative estimate of drug-likeness (QED) is 0.647. The summed E-state index contributed by atoms with van der Waals surface area (Å²) >= 11 is 0. The highest BCUT2D eigenvalue weighted by Crippen LogP contribution is 2.36. The average molecular weight is 194 g/mol. The zero-order valence-corrected chi connectivity index (χ0v) is 9.01. The van der Waals surface area contributed by atoms with Gasteiger partial charge in [0.2, 0.25) is 0 Å². The Morgan fingerprint density at radius 1 is 1.50 bits per heavy atom. The minimum absolute atomic E-state index is 0.0526. The lowest BCUT2D eigenvalue weighted by molar-refractivity contribution is -0.130. The molecule has 0 aromatic rings. The van der Waals surface area contributed by atoms with Crippen LogP contribution in [-0.2, 0) is 9.59 Å². The van der Waals surface area contributed by atoms with Gasteiger partial charge in [-0.1, -0.05) is 19.4 Å². The van der Waals surface area contributed by atoms with Gasteiger partial charge in [-0.2, -0.15) is 0 Å². The molecule has 0 aromatic heterocycles. The second-order valence-corrected chi connectivity index (χ2v) is 4.41. The molecule has 0 aliphatic heterocycles. The Bertz CT molecular complexity index is 265. The predicted molar refractivity (Wildman–Crippen MR) is 56.0 cm³/mol. The van der Waals surface area contributed by atoms with Crippen LogP contribution in [0.15, 0.2) is 12.2 Å². The maximum Gasteiger partial charge on any atom is 0.152 e. The van der Waals surface area contributed by atoms with E-state index in [1.165, 1.54) is 6.92 Å². The summed E-state index contributed by atoms with van der Waals surface area (Å²) < 4.78 is 0. The molecular formula is C12H18O2. The summed E-state index contributed by atoms with van der Waals surface area (Å²) in [5, 5.41) is 0. The Morgan fingerprint density at radius 2 is 2.21 bits per heavy atom. The van der Waals surface area contributed by atoms with Gasteiger partial charge in [-0.25, -0.2) is 0 Å². The Labute approximate surface area is 85.4 Å². The molecule has 0 amide bonds. The van der Waals surface area contributed by atoms with Crippen molar-refractivity contribution in [3.63, 3.8) is 0 Å². The van der Waals surface area contributed by atoms with Crippen molar-refractivity contribution in [1.29, 1.82) is 0 Å². The van der Waals surface area contributed by atoms with E-state index in [4.69, 9.17) is 0 Å². The fraction of sp³-hybridized carbons (Fsp3) is 0.667. The molecule has 0 radical (unpaired) electrons. The summed E-state index contributed by atoms with van der Waals surface area (Å²) in [5.41, 5.74) is -0.204. The van der Waals surface area contributed by atoms with Crippen LogP contribution < -0.4 is 0 Å². The average Bonchev–Trinajstić information content (AvgIpc) is 2.10. The van der Waals surface area contributed by atoms with Crippen LogP contribution in [0.2, 0.25) is 0 Å². The normalized spacial score (nSPS) is 28.3. The molecule has 1 aliphatic rings. The van der Waals surface area contributed by atoms with E-state index in [1.807, 2.05) is 13.0 Å². The lowest BCUT2D eigenvalue weighted by Crippen LogP contribution is -2.30. The number of carbonyl (C=O) groups excluding carboxylic acids is 2. The first-order valence-electron chi connectivity index (χ1n) is 5.25. The van der Waals surface area contributed by atoms with E-state index < -0.39 is 0 Å². The third-order valence-corrected chi connectivity index (χ3v) is 2.98. The second-order valence-electron chi connectivity index (χ2n) is 4.41. The largest absolute Gasteiger partial charge is 0.299 e. The van der Waals surface area contributed by atoms with Crippen LogP contribution in [0, 0.1) is 5.41 Å². The summed E-state index contributed by atoms with van der Waals surface area (Å²) in [5.74, 6) is 0.411. The number of ketones is 2. The molecule has 1 saturated carbocycles. The van der Waals surface area contributed by atoms with Gasteiger partial charge in [-0.05, 0) is 32.3 Å². The van der Waals surface area contributed by atoms with E-state index in [0.717, 1.165) is 19.3 Å². The molecule has 14 heavy (non-hydrogen) atoms. The highest BCUT2D eigenvalue weighted by Gasteiger charge is 2.33. The van der Waals surface area contributed by atoms with Crippen LogP contribution in [0.5, 0.6) is 0 Å². The Kier molecular flexibility index (Phi) is 3.62. The zero-order chi connectivity index (χ0) is 10.6. The molecule has 0 heterocycles. The summed E-state index contributed by atoms with van der Waals surface area (Å²) in [6.07, 6.45) is 7.96. The third-order valence-electron chi connectivity index (χ3n) is 2.98. The molecule has 1 fully saturated rings. The van der Waals surface area contributed by atoms with Crippen molar-refractivity contribution in [2.45, 2.75) is 46.0 Å². The molecule has 0 aromatic carbocycles. The van der Waals surface area contributed by atoms with Gasteiger partial charge in [0.15, 0.2) is 5.78 Å². The topological polar surface area (TPSA) is 34.1 Å². The van der Waals surface area contributed by atoms with Crippen LogP contribution >= 0.6 is 0 Å². The number of carbonyl (C=O) groups is 2. The van der Waals surface area contributed by atoms with Gasteiger partial charge in [-0.15, -0.1) is 0 Å². The molecule has 0 spiro atoms. The van der Waals surface area contributed by atoms with Gasteiger partial charge in [0, 0.05) is 11.8 Å². The van der Waals surface area contributed by atoms with E-state index >= 15 is 0 Å². The first kappa shape index (κ1) is 11.2. The molecule has 0 bridgehead atoms. The van der Waals surface area contributed by atoms with Gasteiger partial charge in [0.1, 0.15) is 5.78 Å². The maximum atomic E-state index is 11.7. The van der Waals surface area contributed by atoms with E-state index in [2.05, 4.69) is 0 Å². The van der Waals surface area contributed by atoms with Gasteiger partial charge in [-0.3, -0.25) is 9.59 Å². The van der Waals surface area contributed by atoms with Gasteiger partial charge < -0.3 is 0 Å². The van der Waals surface area contributed by atoms with Gasteiger partial charge in [0.05, 0.1) is 0 Å². The molecule has 1 rings (SSSR count). The standard InChI is InChI=1S/C12H18O2/c1-10(13)6-5-9-12(2)8-4-3-7-11(12)14/h5-6H,3-4,7-9H2,1-2H3/b6-5+. The number of rotatable bonds is 3. The van der Waals surface area contributed by atoms with Crippen molar-refractivity contribution in [2.24, 2.45) is 5.41 Å². The van der Waals surface area contributed by atoms with E-state index in [9.17, 15) is 9.59 Å². The highest BCUT2D eigenvalue weighted by molar-refractivity contribution is 5.88. The highest BCUT2D eigenvalue weighted by atomic mass is 16.1. The molecule has 2 nitrogen and oxygen atoms in total. The summed E-state index contributed by atoms with van der Waals surface area (Å²) in [7, 11) is 0. The lowest BCUT2D eigenvalue weighted by Gasteiger charge is -2.30. The van der Waals surface area contributed by atoms with Crippen molar-refractivity contribution >= 4 is 11.6 Å².